The molecule has 0 saturated heterocycles. The van der Waals surface area contributed by atoms with E-state index >= 15 is 0 Å². The van der Waals surface area contributed by atoms with Crippen molar-refractivity contribution in [1.82, 2.24) is 9.97 Å². The maximum Gasteiger partial charge on any atom is 0.323 e. The maximum absolute atomic E-state index is 11.1. The van der Waals surface area contributed by atoms with Crippen LogP contribution in [0.25, 0.3) is 0 Å². The van der Waals surface area contributed by atoms with Crippen LogP contribution in [0.2, 0.25) is 0 Å². The van der Waals surface area contributed by atoms with Crippen molar-refractivity contribution in [2.45, 2.75) is 32.1 Å². The Morgan fingerprint density at radius 3 is 3.06 bits per heavy atom. The zero-order valence-electron chi connectivity index (χ0n) is 9.92. The summed E-state index contributed by atoms with van der Waals surface area (Å²) in [6.45, 7) is 2.18. The summed E-state index contributed by atoms with van der Waals surface area (Å²) < 4.78 is 0. The van der Waals surface area contributed by atoms with Crippen LogP contribution in [-0.2, 0) is 12.8 Å². The molecule has 2 N–H and O–H groups in total. The highest BCUT2D eigenvalue weighted by atomic mass is 16.1. The molecule has 0 bridgehead atoms. The van der Waals surface area contributed by atoms with Crippen molar-refractivity contribution < 1.29 is 0 Å². The summed E-state index contributed by atoms with van der Waals surface area (Å²) in [5.74, 6) is 0.552. The second kappa shape index (κ2) is 3.91. The van der Waals surface area contributed by atoms with Crippen LogP contribution in [0.3, 0.4) is 0 Å². The number of hydrogen-bond donors (Lipinski definition) is 2. The van der Waals surface area contributed by atoms with E-state index in [9.17, 15) is 4.79 Å². The molecule has 0 amide bonds. The Bertz CT molecular complexity index is 594. The van der Waals surface area contributed by atoms with Gasteiger partial charge in [0, 0.05) is 11.9 Å². The van der Waals surface area contributed by atoms with Crippen LogP contribution >= 0.6 is 0 Å². The molecule has 1 atom stereocenters. The van der Waals surface area contributed by atoms with Gasteiger partial charge in [0.25, 0.3) is 0 Å². The highest BCUT2D eigenvalue weighted by Gasteiger charge is 2.23. The molecule has 2 aromatic rings. The van der Waals surface area contributed by atoms with Gasteiger partial charge in [-0.15, -0.1) is 0 Å². The van der Waals surface area contributed by atoms with Crippen molar-refractivity contribution in [3.05, 3.63) is 57.3 Å². The van der Waals surface area contributed by atoms with Gasteiger partial charge in [0.15, 0.2) is 0 Å². The lowest BCUT2D eigenvalue weighted by atomic mass is 9.95. The quantitative estimate of drug-likeness (QED) is 0.814. The van der Waals surface area contributed by atoms with Crippen molar-refractivity contribution in [1.29, 1.82) is 0 Å². The van der Waals surface area contributed by atoms with E-state index < -0.39 is 0 Å². The zero-order chi connectivity index (χ0) is 11.8. The molecule has 0 spiro atoms. The van der Waals surface area contributed by atoms with Gasteiger partial charge in [-0.25, -0.2) is 4.79 Å². The van der Waals surface area contributed by atoms with Crippen LogP contribution < -0.4 is 5.69 Å². The summed E-state index contributed by atoms with van der Waals surface area (Å²) in [4.78, 5) is 16.6. The van der Waals surface area contributed by atoms with E-state index in [1.54, 1.807) is 6.20 Å². The van der Waals surface area contributed by atoms with Crippen LogP contribution in [-0.4, -0.2) is 9.97 Å². The van der Waals surface area contributed by atoms with E-state index in [2.05, 4.69) is 35.1 Å². The molecular formula is C14H16N2O. The minimum absolute atomic E-state index is 0.109. The Hall–Kier alpha value is -1.77. The summed E-state index contributed by atoms with van der Waals surface area (Å²) in [6.07, 6.45) is 5.07. The molecule has 1 aromatic carbocycles. The first-order valence-corrected chi connectivity index (χ1v) is 6.09. The standard InChI is InChI=1S/C14H16N2O/c1-9-3-2-4-13-10(5-6-12(9)13)7-11-8-15-14(17)16-11/h2-4,8,10H,5-7H2,1H3,(H2,15,16,17). The number of aromatic amines is 2. The molecule has 17 heavy (non-hydrogen) atoms. The first-order valence-electron chi connectivity index (χ1n) is 6.09. The van der Waals surface area contributed by atoms with E-state index in [1.165, 1.54) is 29.5 Å². The van der Waals surface area contributed by atoms with E-state index in [4.69, 9.17) is 0 Å². The molecule has 88 valence electrons. The summed E-state index contributed by atoms with van der Waals surface area (Å²) in [7, 11) is 0. The van der Waals surface area contributed by atoms with Crippen LogP contribution in [0, 0.1) is 6.92 Å². The number of H-pyrrole nitrogens is 2. The number of benzene rings is 1. The molecule has 1 aliphatic carbocycles. The summed E-state index contributed by atoms with van der Waals surface area (Å²) >= 11 is 0. The third kappa shape index (κ3) is 1.82. The second-order valence-electron chi connectivity index (χ2n) is 4.85. The highest BCUT2D eigenvalue weighted by Crippen LogP contribution is 2.36. The Morgan fingerprint density at radius 1 is 1.41 bits per heavy atom. The van der Waals surface area contributed by atoms with Gasteiger partial charge in [0.05, 0.1) is 0 Å². The van der Waals surface area contributed by atoms with Crippen LogP contribution in [0.1, 0.15) is 34.7 Å². The average Bonchev–Trinajstić information content (AvgIpc) is 2.88. The van der Waals surface area contributed by atoms with Gasteiger partial charge in [0.2, 0.25) is 0 Å². The number of aromatic nitrogens is 2. The maximum atomic E-state index is 11.1. The number of aryl methyl sites for hydroxylation is 1. The number of imidazole rings is 1. The number of rotatable bonds is 2. The van der Waals surface area contributed by atoms with Gasteiger partial charge in [-0.1, -0.05) is 18.2 Å². The first kappa shape index (κ1) is 10.4. The summed E-state index contributed by atoms with van der Waals surface area (Å²) in [5, 5.41) is 0. The molecule has 3 nitrogen and oxygen atoms in total. The lowest BCUT2D eigenvalue weighted by Gasteiger charge is -2.10. The van der Waals surface area contributed by atoms with Crippen LogP contribution in [0.5, 0.6) is 0 Å². The second-order valence-corrected chi connectivity index (χ2v) is 4.85. The largest absolute Gasteiger partial charge is 0.323 e. The van der Waals surface area contributed by atoms with Gasteiger partial charge in [0.1, 0.15) is 0 Å². The van der Waals surface area contributed by atoms with Gasteiger partial charge >= 0.3 is 5.69 Å². The van der Waals surface area contributed by atoms with Crippen molar-refractivity contribution in [2.24, 2.45) is 0 Å². The van der Waals surface area contributed by atoms with Gasteiger partial charge < -0.3 is 9.97 Å². The van der Waals surface area contributed by atoms with Gasteiger partial charge in [-0.3, -0.25) is 0 Å². The van der Waals surface area contributed by atoms with E-state index in [0.29, 0.717) is 5.92 Å². The van der Waals surface area contributed by atoms with E-state index in [-0.39, 0.29) is 5.69 Å². The molecule has 3 heteroatoms. The van der Waals surface area contributed by atoms with Crippen molar-refractivity contribution in [2.75, 3.05) is 0 Å². The molecule has 0 radical (unpaired) electrons. The summed E-state index contributed by atoms with van der Waals surface area (Å²) in [6, 6.07) is 6.54. The predicted octanol–water partition coefficient (Wildman–Crippen LogP) is 2.28. The molecule has 1 heterocycles. The fourth-order valence-electron chi connectivity index (χ4n) is 2.88. The molecule has 1 unspecified atom stereocenters. The normalized spacial score (nSPS) is 18.3. The highest BCUT2D eigenvalue weighted by molar-refractivity contribution is 5.41. The minimum Gasteiger partial charge on any atom is -0.313 e. The average molecular weight is 228 g/mol. The van der Waals surface area contributed by atoms with Gasteiger partial charge in [-0.05, 0) is 48.8 Å². The Balaban J connectivity index is 1.89. The van der Waals surface area contributed by atoms with Crippen molar-refractivity contribution in [3.8, 4) is 0 Å². The molecule has 1 aliphatic rings. The SMILES string of the molecule is Cc1cccc2c1CCC2Cc1c[nH]c(=O)[nH]1. The lowest BCUT2D eigenvalue weighted by molar-refractivity contribution is 0.665. The smallest absolute Gasteiger partial charge is 0.313 e. The topological polar surface area (TPSA) is 48.6 Å². The zero-order valence-corrected chi connectivity index (χ0v) is 9.92. The van der Waals surface area contributed by atoms with Gasteiger partial charge in [-0.2, -0.15) is 0 Å². The Morgan fingerprint density at radius 2 is 2.29 bits per heavy atom. The number of fused-ring (bicyclic) bond motifs is 1. The van der Waals surface area contributed by atoms with Crippen molar-refractivity contribution >= 4 is 0 Å². The van der Waals surface area contributed by atoms with Crippen molar-refractivity contribution in [3.63, 3.8) is 0 Å². The molecular weight excluding hydrogens is 212 g/mol. The third-order valence-electron chi connectivity index (χ3n) is 3.75. The molecule has 0 saturated carbocycles. The molecule has 3 rings (SSSR count). The first-order chi connectivity index (χ1) is 8.24. The van der Waals surface area contributed by atoms with Crippen LogP contribution in [0.4, 0.5) is 0 Å². The molecule has 0 aliphatic heterocycles. The Labute approximate surface area is 99.9 Å². The molecule has 1 aromatic heterocycles. The van der Waals surface area contributed by atoms with E-state index in [1.807, 2.05) is 0 Å². The molecule has 0 fully saturated rings. The third-order valence-corrected chi connectivity index (χ3v) is 3.75. The fraction of sp³-hybridized carbons (Fsp3) is 0.357. The predicted molar refractivity (Wildman–Crippen MR) is 67.4 cm³/mol. The van der Waals surface area contributed by atoms with Crippen LogP contribution in [0.15, 0.2) is 29.2 Å². The Kier molecular flexibility index (Phi) is 2.39. The number of hydrogen-bond acceptors (Lipinski definition) is 1. The number of nitrogens with one attached hydrogen (secondary N) is 2. The lowest BCUT2D eigenvalue weighted by Crippen LogP contribution is -2.04. The minimum atomic E-state index is -0.109. The monoisotopic (exact) mass is 228 g/mol. The fourth-order valence-corrected chi connectivity index (χ4v) is 2.88. The van der Waals surface area contributed by atoms with E-state index in [0.717, 1.165) is 12.1 Å². The summed E-state index contributed by atoms with van der Waals surface area (Å²) in [5.41, 5.74) is 5.27.